The summed E-state index contributed by atoms with van der Waals surface area (Å²) in [4.78, 5) is 14.6. The molecule has 3 rings (SSSR count). The largest absolute Gasteiger partial charge is 0.330 e. The number of hydrogen-bond donors (Lipinski definition) is 0. The van der Waals surface area contributed by atoms with Crippen molar-refractivity contribution < 1.29 is 4.79 Å². The summed E-state index contributed by atoms with van der Waals surface area (Å²) in [7, 11) is 0. The van der Waals surface area contributed by atoms with E-state index in [1.54, 1.807) is 12.3 Å². The molecule has 2 aromatic rings. The van der Waals surface area contributed by atoms with Gasteiger partial charge in [-0.25, -0.2) is 0 Å². The summed E-state index contributed by atoms with van der Waals surface area (Å²) in [5.74, 6) is 1.85. The molecule has 21 heavy (non-hydrogen) atoms. The first-order valence-electron chi connectivity index (χ1n) is 6.66. The molecule has 1 aliphatic rings. The molecule has 1 aliphatic heterocycles. The van der Waals surface area contributed by atoms with Crippen LogP contribution >= 0.6 is 23.4 Å². The topological polar surface area (TPSA) is 46.1 Å². The van der Waals surface area contributed by atoms with Crippen LogP contribution in [0.1, 0.15) is 22.0 Å². The zero-order chi connectivity index (χ0) is 14.7. The van der Waals surface area contributed by atoms with Gasteiger partial charge in [0.2, 0.25) is 0 Å². The molecule has 1 aromatic carbocycles. The van der Waals surface area contributed by atoms with Crippen molar-refractivity contribution >= 4 is 29.3 Å². The highest BCUT2D eigenvalue weighted by molar-refractivity contribution is 7.99. The smallest absolute Gasteiger partial charge is 0.256 e. The second-order valence-electron chi connectivity index (χ2n) is 4.77. The number of rotatable bonds is 2. The van der Waals surface area contributed by atoms with Crippen molar-refractivity contribution in [3.63, 3.8) is 0 Å². The maximum Gasteiger partial charge on any atom is 0.256 e. The van der Waals surface area contributed by atoms with Crippen LogP contribution in [-0.4, -0.2) is 39.1 Å². The van der Waals surface area contributed by atoms with Crippen LogP contribution in [0.15, 0.2) is 42.7 Å². The summed E-state index contributed by atoms with van der Waals surface area (Å²) in [6.45, 7) is 0.735. The molecule has 1 saturated heterocycles. The minimum absolute atomic E-state index is 0.00477. The predicted molar refractivity (Wildman–Crippen MR) is 84.6 cm³/mol. The fourth-order valence-electron chi connectivity index (χ4n) is 2.39. The van der Waals surface area contributed by atoms with Crippen molar-refractivity contribution in [2.45, 2.75) is 6.04 Å². The molecule has 0 bridgehead atoms. The van der Waals surface area contributed by atoms with Gasteiger partial charge in [-0.3, -0.25) is 4.79 Å². The first-order valence-corrected chi connectivity index (χ1v) is 8.20. The summed E-state index contributed by atoms with van der Waals surface area (Å²) in [5, 5.41) is 8.22. The first kappa shape index (κ1) is 14.4. The SMILES string of the molecule is O=C(c1ccnnc1)N1CCSC[C@H]1c1ccc(Cl)cc1. The Bertz CT molecular complexity index is 621. The lowest BCUT2D eigenvalue weighted by atomic mass is 10.1. The van der Waals surface area contributed by atoms with E-state index < -0.39 is 0 Å². The van der Waals surface area contributed by atoms with Gasteiger partial charge in [-0.1, -0.05) is 23.7 Å². The van der Waals surface area contributed by atoms with Gasteiger partial charge in [0.1, 0.15) is 0 Å². The van der Waals surface area contributed by atoms with Crippen LogP contribution in [0, 0.1) is 0 Å². The molecule has 108 valence electrons. The van der Waals surface area contributed by atoms with Gasteiger partial charge < -0.3 is 4.90 Å². The van der Waals surface area contributed by atoms with Gasteiger partial charge in [0.15, 0.2) is 0 Å². The van der Waals surface area contributed by atoms with Crippen molar-refractivity contribution in [3.8, 4) is 0 Å². The van der Waals surface area contributed by atoms with Crippen molar-refractivity contribution in [1.29, 1.82) is 0 Å². The van der Waals surface area contributed by atoms with Crippen LogP contribution in [-0.2, 0) is 0 Å². The molecular formula is C15H14ClN3OS. The Labute approximate surface area is 132 Å². The molecule has 1 amide bonds. The lowest BCUT2D eigenvalue weighted by Gasteiger charge is -2.35. The molecule has 0 aliphatic carbocycles. The summed E-state index contributed by atoms with van der Waals surface area (Å²) in [5.41, 5.74) is 1.69. The van der Waals surface area contributed by atoms with E-state index in [2.05, 4.69) is 10.2 Å². The third-order valence-electron chi connectivity index (χ3n) is 3.48. The van der Waals surface area contributed by atoms with E-state index >= 15 is 0 Å². The maximum atomic E-state index is 12.7. The third-order valence-corrected chi connectivity index (χ3v) is 4.75. The summed E-state index contributed by atoms with van der Waals surface area (Å²) >= 11 is 7.81. The third kappa shape index (κ3) is 3.19. The van der Waals surface area contributed by atoms with Gasteiger partial charge in [0.05, 0.1) is 24.0 Å². The lowest BCUT2D eigenvalue weighted by molar-refractivity contribution is 0.0700. The minimum atomic E-state index is 0.00477. The van der Waals surface area contributed by atoms with Gasteiger partial charge in [-0.15, -0.1) is 0 Å². The number of benzene rings is 1. The highest BCUT2D eigenvalue weighted by Gasteiger charge is 2.29. The van der Waals surface area contributed by atoms with E-state index in [0.29, 0.717) is 10.6 Å². The highest BCUT2D eigenvalue weighted by atomic mass is 35.5. The Morgan fingerprint density at radius 1 is 1.24 bits per heavy atom. The molecule has 1 atom stereocenters. The molecule has 0 saturated carbocycles. The lowest BCUT2D eigenvalue weighted by Crippen LogP contribution is -2.40. The number of thioether (sulfide) groups is 1. The van der Waals surface area contributed by atoms with Crippen molar-refractivity contribution in [2.75, 3.05) is 18.1 Å². The van der Waals surface area contributed by atoms with E-state index in [0.717, 1.165) is 23.6 Å². The monoisotopic (exact) mass is 319 g/mol. The molecule has 1 fully saturated rings. The molecule has 0 spiro atoms. The van der Waals surface area contributed by atoms with Crippen molar-refractivity contribution in [2.24, 2.45) is 0 Å². The zero-order valence-corrected chi connectivity index (χ0v) is 12.8. The average Bonchev–Trinajstić information content (AvgIpc) is 2.56. The van der Waals surface area contributed by atoms with E-state index in [1.807, 2.05) is 40.9 Å². The Morgan fingerprint density at radius 2 is 2.05 bits per heavy atom. The molecule has 6 heteroatoms. The second-order valence-corrected chi connectivity index (χ2v) is 6.36. The Hall–Kier alpha value is -1.59. The van der Waals surface area contributed by atoms with Crippen LogP contribution in [0.25, 0.3) is 0 Å². The number of carbonyl (C=O) groups is 1. The van der Waals surface area contributed by atoms with Crippen molar-refractivity contribution in [3.05, 3.63) is 58.9 Å². The fraction of sp³-hybridized carbons (Fsp3) is 0.267. The van der Waals surface area contributed by atoms with E-state index in [1.165, 1.54) is 6.20 Å². The van der Waals surface area contributed by atoms with E-state index in [9.17, 15) is 4.79 Å². The molecule has 1 aromatic heterocycles. The van der Waals surface area contributed by atoms with Crippen LogP contribution < -0.4 is 0 Å². The number of nitrogens with zero attached hydrogens (tertiary/aromatic N) is 3. The van der Waals surface area contributed by atoms with Crippen LogP contribution in [0.2, 0.25) is 5.02 Å². The normalized spacial score (nSPS) is 18.5. The number of halogens is 1. The Kier molecular flexibility index (Phi) is 4.41. The molecule has 2 heterocycles. The van der Waals surface area contributed by atoms with Gasteiger partial charge in [0.25, 0.3) is 5.91 Å². The van der Waals surface area contributed by atoms with Gasteiger partial charge >= 0.3 is 0 Å². The van der Waals surface area contributed by atoms with Crippen LogP contribution in [0.4, 0.5) is 0 Å². The predicted octanol–water partition coefficient (Wildman–Crippen LogP) is 3.06. The first-order chi connectivity index (χ1) is 10.3. The second kappa shape index (κ2) is 6.45. The van der Waals surface area contributed by atoms with Crippen LogP contribution in [0.5, 0.6) is 0 Å². The number of amides is 1. The summed E-state index contributed by atoms with van der Waals surface area (Å²) in [6.07, 6.45) is 3.06. The number of carbonyl (C=O) groups excluding carboxylic acids is 1. The molecular weight excluding hydrogens is 306 g/mol. The number of aromatic nitrogens is 2. The maximum absolute atomic E-state index is 12.7. The molecule has 0 radical (unpaired) electrons. The summed E-state index contributed by atoms with van der Waals surface area (Å²) in [6, 6.07) is 9.49. The van der Waals surface area contributed by atoms with Gasteiger partial charge in [-0.05, 0) is 23.8 Å². The van der Waals surface area contributed by atoms with Crippen LogP contribution in [0.3, 0.4) is 0 Å². The fourth-order valence-corrected chi connectivity index (χ4v) is 3.60. The highest BCUT2D eigenvalue weighted by Crippen LogP contribution is 2.31. The molecule has 0 unspecified atom stereocenters. The van der Waals surface area contributed by atoms with Gasteiger partial charge in [0, 0.05) is 23.1 Å². The Morgan fingerprint density at radius 3 is 2.76 bits per heavy atom. The zero-order valence-electron chi connectivity index (χ0n) is 11.3. The van der Waals surface area contributed by atoms with Gasteiger partial charge in [-0.2, -0.15) is 22.0 Å². The van der Waals surface area contributed by atoms with E-state index in [4.69, 9.17) is 11.6 Å². The standard InChI is InChI=1S/C15H14ClN3OS/c16-13-3-1-11(2-4-13)14-10-21-8-7-19(14)15(20)12-5-6-17-18-9-12/h1-6,9,14H,7-8,10H2/t14-/m0/s1. The average molecular weight is 320 g/mol. The molecule has 0 N–H and O–H groups in total. The minimum Gasteiger partial charge on any atom is -0.330 e. The number of hydrogen-bond acceptors (Lipinski definition) is 4. The molecule has 4 nitrogen and oxygen atoms in total. The van der Waals surface area contributed by atoms with E-state index in [-0.39, 0.29) is 11.9 Å². The summed E-state index contributed by atoms with van der Waals surface area (Å²) < 4.78 is 0. The quantitative estimate of drug-likeness (QED) is 0.853. The van der Waals surface area contributed by atoms with Crippen molar-refractivity contribution in [1.82, 2.24) is 15.1 Å². The Balaban J connectivity index is 1.88.